The van der Waals surface area contributed by atoms with E-state index in [2.05, 4.69) is 68.1 Å². The molecule has 0 heterocycles. The molecule has 0 aromatic rings. The molecule has 1 heteroatoms. The van der Waals surface area contributed by atoms with Gasteiger partial charge in [0.2, 0.25) is 0 Å². The van der Waals surface area contributed by atoms with Gasteiger partial charge in [-0.2, -0.15) is 0 Å². The maximum atomic E-state index is 2.51. The Morgan fingerprint density at radius 1 is 0.750 bits per heavy atom. The highest BCUT2D eigenvalue weighted by molar-refractivity contribution is 6.76. The Hall–Kier alpha value is 0.217. The second kappa shape index (κ2) is 4.47. The molecule has 98 valence electrons. The molecule has 0 aromatic heterocycles. The van der Waals surface area contributed by atoms with Gasteiger partial charge in [0.1, 0.15) is 0 Å². The van der Waals surface area contributed by atoms with Crippen LogP contribution in [0.3, 0.4) is 0 Å². The normalized spacial score (nSPS) is 18.4. The van der Waals surface area contributed by atoms with Crippen LogP contribution >= 0.6 is 0 Å². The third-order valence-corrected chi connectivity index (χ3v) is 5.49. The van der Waals surface area contributed by atoms with Gasteiger partial charge in [-0.1, -0.05) is 74.2 Å². The summed E-state index contributed by atoms with van der Waals surface area (Å²) in [4.78, 5) is 0. The summed E-state index contributed by atoms with van der Waals surface area (Å²) in [5.74, 6) is 0. The zero-order chi connectivity index (χ0) is 13.4. The lowest BCUT2D eigenvalue weighted by Crippen LogP contribution is -2.42. The summed E-state index contributed by atoms with van der Waals surface area (Å²) in [6.07, 6.45) is 1.33. The van der Waals surface area contributed by atoms with Crippen molar-refractivity contribution in [3.63, 3.8) is 0 Å². The summed E-state index contributed by atoms with van der Waals surface area (Å²) in [6, 6.07) is 1.43. The molecule has 0 spiro atoms. The van der Waals surface area contributed by atoms with E-state index in [0.29, 0.717) is 16.2 Å². The largest absolute Gasteiger partial charge is 0.0695 e. The van der Waals surface area contributed by atoms with E-state index in [9.17, 15) is 0 Å². The van der Waals surface area contributed by atoms with E-state index in [1.807, 2.05) is 0 Å². The summed E-state index contributed by atoms with van der Waals surface area (Å²) in [6.45, 7) is 24.4. The summed E-state index contributed by atoms with van der Waals surface area (Å²) in [7, 11) is -1.00. The van der Waals surface area contributed by atoms with Crippen molar-refractivity contribution in [1.29, 1.82) is 0 Å². The predicted molar refractivity (Wildman–Crippen MR) is 79.8 cm³/mol. The highest BCUT2D eigenvalue weighted by Crippen LogP contribution is 2.51. The van der Waals surface area contributed by atoms with Gasteiger partial charge in [0, 0.05) is 8.07 Å². The quantitative estimate of drug-likeness (QED) is 0.548. The summed E-state index contributed by atoms with van der Waals surface area (Å²) < 4.78 is 0. The molecule has 0 N–H and O–H groups in total. The van der Waals surface area contributed by atoms with Gasteiger partial charge in [0.05, 0.1) is 0 Å². The van der Waals surface area contributed by atoms with Crippen LogP contribution in [-0.4, -0.2) is 8.07 Å². The maximum absolute atomic E-state index is 2.51. The smallest absolute Gasteiger partial charge is 0.0448 e. The first-order valence-corrected chi connectivity index (χ1v) is 10.4. The van der Waals surface area contributed by atoms with Crippen LogP contribution in [0.4, 0.5) is 0 Å². The summed E-state index contributed by atoms with van der Waals surface area (Å²) in [5.41, 5.74) is 1.30. The Morgan fingerprint density at radius 2 is 1.12 bits per heavy atom. The van der Waals surface area contributed by atoms with Crippen molar-refractivity contribution in [3.8, 4) is 0 Å². The number of rotatable bonds is 3. The average Bonchev–Trinajstić information content (AvgIpc) is 1.72. The Bertz CT molecular complexity index is 203. The van der Waals surface area contributed by atoms with Crippen molar-refractivity contribution in [2.24, 2.45) is 16.2 Å². The van der Waals surface area contributed by atoms with Crippen LogP contribution in [0.5, 0.6) is 0 Å². The molecule has 0 bridgehead atoms. The van der Waals surface area contributed by atoms with Crippen molar-refractivity contribution in [3.05, 3.63) is 0 Å². The van der Waals surface area contributed by atoms with Gasteiger partial charge in [-0.25, -0.2) is 0 Å². The van der Waals surface area contributed by atoms with E-state index >= 15 is 0 Å². The zero-order valence-electron chi connectivity index (χ0n) is 13.4. The van der Waals surface area contributed by atoms with E-state index in [4.69, 9.17) is 0 Å². The minimum atomic E-state index is -1.00. The van der Waals surface area contributed by atoms with E-state index in [1.54, 1.807) is 0 Å². The van der Waals surface area contributed by atoms with Gasteiger partial charge in [0.15, 0.2) is 0 Å². The maximum Gasteiger partial charge on any atom is 0.0448 e. The van der Waals surface area contributed by atoms with Crippen LogP contribution in [-0.2, 0) is 0 Å². The van der Waals surface area contributed by atoms with E-state index < -0.39 is 8.07 Å². The molecule has 0 saturated carbocycles. The molecule has 0 nitrogen and oxygen atoms in total. The highest BCUT2D eigenvalue weighted by Gasteiger charge is 2.42. The van der Waals surface area contributed by atoms with Gasteiger partial charge in [-0.3, -0.25) is 0 Å². The Labute approximate surface area is 105 Å². The number of hydrogen-bond acceptors (Lipinski definition) is 0. The van der Waals surface area contributed by atoms with E-state index in [1.165, 1.54) is 12.5 Å². The minimum Gasteiger partial charge on any atom is -0.0695 e. The average molecular weight is 243 g/mol. The molecular formula is C15H34Si. The van der Waals surface area contributed by atoms with Gasteiger partial charge < -0.3 is 0 Å². The standard InChI is InChI=1S/C15H34Si/c1-13(2,3)11-15(7,14(4,5)6)12-16(8,9)10/h11-12H2,1-10H3. The fourth-order valence-electron chi connectivity index (χ4n) is 2.93. The van der Waals surface area contributed by atoms with Crippen molar-refractivity contribution in [2.75, 3.05) is 0 Å². The second-order valence-corrected chi connectivity index (χ2v) is 14.8. The van der Waals surface area contributed by atoms with Crippen molar-refractivity contribution >= 4 is 8.07 Å². The Kier molecular flexibility index (Phi) is 4.54. The third kappa shape index (κ3) is 5.52. The van der Waals surface area contributed by atoms with Gasteiger partial charge in [0.25, 0.3) is 0 Å². The SMILES string of the molecule is CC(C)(C)CC(C)(C[Si](C)(C)C)C(C)(C)C. The molecular weight excluding hydrogens is 208 g/mol. The van der Waals surface area contributed by atoms with Crippen LogP contribution in [0.25, 0.3) is 0 Å². The molecule has 0 fully saturated rings. The number of hydrogen-bond donors (Lipinski definition) is 0. The topological polar surface area (TPSA) is 0 Å². The first-order valence-electron chi connectivity index (χ1n) is 6.66. The third-order valence-electron chi connectivity index (χ3n) is 3.65. The lowest BCUT2D eigenvalue weighted by atomic mass is 9.62. The monoisotopic (exact) mass is 242 g/mol. The van der Waals surface area contributed by atoms with Crippen molar-refractivity contribution < 1.29 is 0 Å². The molecule has 0 amide bonds. The van der Waals surface area contributed by atoms with Crippen LogP contribution in [0.2, 0.25) is 25.7 Å². The minimum absolute atomic E-state index is 0.403. The highest BCUT2D eigenvalue weighted by atomic mass is 28.3. The molecule has 16 heavy (non-hydrogen) atoms. The van der Waals surface area contributed by atoms with Crippen molar-refractivity contribution in [1.82, 2.24) is 0 Å². The molecule has 0 radical (unpaired) electrons. The fourth-order valence-corrected chi connectivity index (χ4v) is 5.93. The van der Waals surface area contributed by atoms with Crippen LogP contribution in [0, 0.1) is 16.2 Å². The summed E-state index contributed by atoms with van der Waals surface area (Å²) in [5, 5.41) is 0. The molecule has 1 atom stereocenters. The second-order valence-electron chi connectivity index (χ2n) is 9.29. The molecule has 0 aliphatic rings. The van der Waals surface area contributed by atoms with Gasteiger partial charge in [-0.15, -0.1) is 0 Å². The molecule has 0 saturated heterocycles. The summed E-state index contributed by atoms with van der Waals surface area (Å²) >= 11 is 0. The predicted octanol–water partition coefficient (Wildman–Crippen LogP) is 5.81. The Balaban J connectivity index is 5.07. The van der Waals surface area contributed by atoms with E-state index in [0.717, 1.165) is 0 Å². The van der Waals surface area contributed by atoms with E-state index in [-0.39, 0.29) is 0 Å². The molecule has 0 aliphatic carbocycles. The molecule has 0 aliphatic heterocycles. The molecule has 1 unspecified atom stereocenters. The van der Waals surface area contributed by atoms with Gasteiger partial charge >= 0.3 is 0 Å². The molecule has 0 aromatic carbocycles. The lowest BCUT2D eigenvalue weighted by molar-refractivity contribution is 0.0729. The van der Waals surface area contributed by atoms with Crippen LogP contribution in [0.1, 0.15) is 54.9 Å². The van der Waals surface area contributed by atoms with Gasteiger partial charge in [-0.05, 0) is 22.7 Å². The van der Waals surface area contributed by atoms with Crippen LogP contribution in [0.15, 0.2) is 0 Å². The van der Waals surface area contributed by atoms with Crippen LogP contribution < -0.4 is 0 Å². The lowest BCUT2D eigenvalue weighted by Gasteiger charge is -2.48. The first-order chi connectivity index (χ1) is 6.66. The Morgan fingerprint density at radius 3 is 1.31 bits per heavy atom. The van der Waals surface area contributed by atoms with Crippen molar-refractivity contribution in [2.45, 2.75) is 80.6 Å². The fraction of sp³-hybridized carbons (Fsp3) is 1.00. The zero-order valence-corrected chi connectivity index (χ0v) is 14.4. The molecule has 0 rings (SSSR count). The first kappa shape index (κ1) is 16.2.